The van der Waals surface area contributed by atoms with Crippen molar-refractivity contribution in [3.8, 4) is 0 Å². The van der Waals surface area contributed by atoms with E-state index >= 15 is 0 Å². The molecule has 2 fully saturated rings. The second-order valence-corrected chi connectivity index (χ2v) is 19.8. The first kappa shape index (κ1) is 26.6. The number of hydrogen-bond donors (Lipinski definition) is 0. The van der Waals surface area contributed by atoms with E-state index in [1.807, 2.05) is 36.9 Å². The molecule has 2 heterocycles. The Bertz CT molecular complexity index is 1110. The number of carbonyl (C=O) groups excluding carboxylic acids is 1. The van der Waals surface area contributed by atoms with Crippen LogP contribution in [0.3, 0.4) is 0 Å². The molecule has 2 aromatic carbocycles. The fourth-order valence-electron chi connectivity index (χ4n) is 5.38. The third-order valence-corrected chi connectivity index (χ3v) is 15.6. The van der Waals surface area contributed by atoms with Crippen LogP contribution in [-0.2, 0) is 8.56 Å². The SMILES string of the molecule is CC1(C)OC(=O)N2[C@H](CC[C@@H]2[C@H](O[Se](C)(C)C(C)(C)C)c2ccccc2)C1c1ccc([N+](=O)[O-])cc1. The number of amides is 1. The van der Waals surface area contributed by atoms with Gasteiger partial charge in [-0.25, -0.2) is 0 Å². The number of nitrogens with zero attached hydrogens (tertiary/aromatic N) is 2. The third kappa shape index (κ3) is 4.91. The van der Waals surface area contributed by atoms with E-state index in [-0.39, 0.29) is 40.2 Å². The molecule has 7 nitrogen and oxygen atoms in total. The summed E-state index contributed by atoms with van der Waals surface area (Å²) < 4.78 is 13.1. The van der Waals surface area contributed by atoms with Gasteiger partial charge in [0, 0.05) is 0 Å². The zero-order valence-electron chi connectivity index (χ0n) is 22.3. The average molecular weight is 562 g/mol. The van der Waals surface area contributed by atoms with E-state index in [0.29, 0.717) is 0 Å². The van der Waals surface area contributed by atoms with Crippen LogP contribution in [0.2, 0.25) is 16.0 Å². The molecule has 0 radical (unpaired) electrons. The predicted octanol–water partition coefficient (Wildman–Crippen LogP) is 7.20. The van der Waals surface area contributed by atoms with Crippen LogP contribution in [0.4, 0.5) is 10.5 Å². The molecule has 2 aliphatic heterocycles. The van der Waals surface area contributed by atoms with Crippen molar-refractivity contribution in [1.82, 2.24) is 4.90 Å². The van der Waals surface area contributed by atoms with E-state index in [4.69, 9.17) is 8.56 Å². The van der Waals surface area contributed by atoms with Crippen molar-refractivity contribution in [2.24, 2.45) is 0 Å². The summed E-state index contributed by atoms with van der Waals surface area (Å²) in [6, 6.07) is 16.6. The van der Waals surface area contributed by atoms with Gasteiger partial charge in [0.25, 0.3) is 0 Å². The summed E-state index contributed by atoms with van der Waals surface area (Å²) >= 11 is -2.38. The van der Waals surface area contributed by atoms with Crippen molar-refractivity contribution < 1.29 is 18.3 Å². The van der Waals surface area contributed by atoms with Gasteiger partial charge in [-0.1, -0.05) is 0 Å². The van der Waals surface area contributed by atoms with Gasteiger partial charge < -0.3 is 0 Å². The second kappa shape index (κ2) is 9.47. The molecule has 0 saturated carbocycles. The summed E-state index contributed by atoms with van der Waals surface area (Å²) in [7, 11) is 0. The van der Waals surface area contributed by atoms with E-state index in [0.717, 1.165) is 24.0 Å². The Labute approximate surface area is 216 Å². The number of nitro benzene ring substituents is 1. The third-order valence-electron chi connectivity index (χ3n) is 7.93. The number of rotatable bonds is 6. The number of hydrogen-bond acceptors (Lipinski definition) is 5. The van der Waals surface area contributed by atoms with Crippen molar-refractivity contribution in [2.75, 3.05) is 0 Å². The molecule has 0 aliphatic carbocycles. The van der Waals surface area contributed by atoms with Crippen molar-refractivity contribution in [3.05, 3.63) is 75.8 Å². The van der Waals surface area contributed by atoms with Gasteiger partial charge in [-0.05, 0) is 0 Å². The van der Waals surface area contributed by atoms with Crippen LogP contribution in [0, 0.1) is 10.1 Å². The molecule has 2 saturated heterocycles. The summed E-state index contributed by atoms with van der Waals surface area (Å²) in [6.45, 7) is 10.6. The van der Waals surface area contributed by atoms with Gasteiger partial charge in [0.05, 0.1) is 0 Å². The summed E-state index contributed by atoms with van der Waals surface area (Å²) in [5, 5.41) is 11.2. The second-order valence-electron chi connectivity index (χ2n) is 11.7. The summed E-state index contributed by atoms with van der Waals surface area (Å²) in [4.78, 5) is 26.2. The van der Waals surface area contributed by atoms with E-state index in [1.54, 1.807) is 12.1 Å². The Kier molecular flexibility index (Phi) is 7.01. The van der Waals surface area contributed by atoms with Gasteiger partial charge in [0.1, 0.15) is 0 Å². The number of non-ortho nitro benzene ring substituents is 1. The maximum absolute atomic E-state index is 13.5. The van der Waals surface area contributed by atoms with Gasteiger partial charge in [-0.3, -0.25) is 0 Å². The molecule has 1 unspecified atom stereocenters. The normalized spacial score (nSPS) is 25.1. The van der Waals surface area contributed by atoms with Crippen LogP contribution >= 0.6 is 0 Å². The Hall–Kier alpha value is -2.41. The standard InChI is InChI=1S/C28H38N2O5Se/c1-27(2,3)36(6,7)35-25(20-11-9-8-10-12-20)23-18-17-22-24(28(4,5)34-26(31)29(22)23)19-13-15-21(16-14-19)30(32)33/h8-16,22-25H,17-18H2,1-7H3/t22-,23-,24?,25-/m1/s1. The van der Waals surface area contributed by atoms with E-state index in [9.17, 15) is 14.9 Å². The fourth-order valence-corrected chi connectivity index (χ4v) is 7.58. The van der Waals surface area contributed by atoms with E-state index in [2.05, 4.69) is 44.5 Å². The molecule has 36 heavy (non-hydrogen) atoms. The Balaban J connectivity index is 1.73. The first-order valence-corrected chi connectivity index (χ1v) is 17.4. The summed E-state index contributed by atoms with van der Waals surface area (Å²) in [6.07, 6.45) is 1.05. The zero-order valence-corrected chi connectivity index (χ0v) is 24.0. The van der Waals surface area contributed by atoms with Crippen LogP contribution < -0.4 is 0 Å². The zero-order chi connectivity index (χ0) is 26.5. The van der Waals surface area contributed by atoms with E-state index < -0.39 is 23.7 Å². The molecule has 0 N–H and O–H groups in total. The number of fused-ring (bicyclic) bond motifs is 1. The number of ether oxygens (including phenoxy) is 1. The Morgan fingerprint density at radius 2 is 1.69 bits per heavy atom. The van der Waals surface area contributed by atoms with Gasteiger partial charge in [-0.2, -0.15) is 0 Å². The molecule has 196 valence electrons. The van der Waals surface area contributed by atoms with Crippen LogP contribution in [0.5, 0.6) is 0 Å². The molecule has 4 rings (SSSR count). The molecular formula is C28H38N2O5Se. The molecule has 0 aromatic heterocycles. The minimum absolute atomic E-state index is 0.0349. The minimum atomic E-state index is -2.38. The number of nitro groups is 1. The van der Waals surface area contributed by atoms with Crippen molar-refractivity contribution in [2.45, 2.75) is 93.1 Å². The quantitative estimate of drug-likeness (QED) is 0.212. The molecular weight excluding hydrogens is 523 g/mol. The fraction of sp³-hybridized carbons (Fsp3) is 0.536. The topological polar surface area (TPSA) is 81.9 Å². The molecule has 0 bridgehead atoms. The molecule has 2 aromatic rings. The van der Waals surface area contributed by atoms with Gasteiger partial charge >= 0.3 is 217 Å². The molecule has 1 amide bonds. The first-order valence-electron chi connectivity index (χ1n) is 12.4. The van der Waals surface area contributed by atoms with Crippen molar-refractivity contribution in [1.29, 1.82) is 0 Å². The molecule has 4 atom stereocenters. The average Bonchev–Trinajstić information content (AvgIpc) is 3.21. The van der Waals surface area contributed by atoms with Crippen LogP contribution in [0.1, 0.15) is 70.6 Å². The number of cyclic esters (lactones) is 1. The number of benzene rings is 2. The number of carbonyl (C=O) groups is 1. The van der Waals surface area contributed by atoms with Crippen LogP contribution in [-0.4, -0.2) is 46.8 Å². The van der Waals surface area contributed by atoms with E-state index in [1.165, 1.54) is 12.1 Å². The molecule has 0 spiro atoms. The Morgan fingerprint density at radius 3 is 2.25 bits per heavy atom. The molecule has 2 aliphatic rings. The van der Waals surface area contributed by atoms with Crippen molar-refractivity contribution in [3.63, 3.8) is 0 Å². The first-order chi connectivity index (χ1) is 16.7. The van der Waals surface area contributed by atoms with Crippen LogP contribution in [0.15, 0.2) is 54.6 Å². The van der Waals surface area contributed by atoms with Crippen LogP contribution in [0.25, 0.3) is 0 Å². The summed E-state index contributed by atoms with van der Waals surface area (Å²) in [5.41, 5.74) is 1.32. The monoisotopic (exact) mass is 562 g/mol. The van der Waals surface area contributed by atoms with Gasteiger partial charge in [-0.15, -0.1) is 0 Å². The van der Waals surface area contributed by atoms with Gasteiger partial charge in [0.15, 0.2) is 0 Å². The Morgan fingerprint density at radius 1 is 1.08 bits per heavy atom. The predicted molar refractivity (Wildman–Crippen MR) is 143 cm³/mol. The van der Waals surface area contributed by atoms with Crippen molar-refractivity contribution >= 4 is 25.0 Å². The maximum atomic E-state index is 13.5. The molecule has 8 heteroatoms. The summed E-state index contributed by atoms with van der Waals surface area (Å²) in [5.74, 6) is 4.40. The van der Waals surface area contributed by atoms with Gasteiger partial charge in [0.2, 0.25) is 0 Å².